The van der Waals surface area contributed by atoms with E-state index in [9.17, 15) is 4.79 Å². The largest absolute Gasteiger partial charge is 0.455 e. The second-order valence-electron chi connectivity index (χ2n) is 8.94. The molecule has 1 saturated heterocycles. The van der Waals surface area contributed by atoms with Gasteiger partial charge in [0.2, 0.25) is 5.91 Å². The second kappa shape index (κ2) is 9.20. The number of rotatable bonds is 4. The number of benzene rings is 2. The van der Waals surface area contributed by atoms with Crippen molar-refractivity contribution in [3.05, 3.63) is 59.4 Å². The first kappa shape index (κ1) is 22.0. The average Bonchev–Trinajstić information content (AvgIpc) is 3.31. The van der Waals surface area contributed by atoms with Crippen LogP contribution in [0.1, 0.15) is 44.7 Å². The molecule has 0 radical (unpaired) electrons. The molecule has 1 atom stereocenters. The average molecular weight is 465 g/mol. The summed E-state index contributed by atoms with van der Waals surface area (Å²) < 4.78 is 8.58. The molecule has 172 valence electrons. The maximum absolute atomic E-state index is 12.5. The number of halogens is 1. The zero-order chi connectivity index (χ0) is 22.9. The molecule has 1 amide bonds. The molecule has 3 aromatic rings. The lowest BCUT2D eigenvalue weighted by molar-refractivity contribution is -0.117. The summed E-state index contributed by atoms with van der Waals surface area (Å²) in [5, 5.41) is 8.66. The van der Waals surface area contributed by atoms with Gasteiger partial charge in [-0.1, -0.05) is 23.7 Å². The number of aromatic nitrogens is 2. The minimum Gasteiger partial charge on any atom is -0.455 e. The van der Waals surface area contributed by atoms with Gasteiger partial charge >= 0.3 is 0 Å². The molecule has 1 N–H and O–H groups in total. The molecule has 1 aromatic heterocycles. The maximum atomic E-state index is 12.5. The molecule has 0 aliphatic carbocycles. The Hall–Kier alpha value is -2.83. The summed E-state index contributed by atoms with van der Waals surface area (Å²) in [4.78, 5) is 14.4. The summed E-state index contributed by atoms with van der Waals surface area (Å²) >= 11 is 6.45. The van der Waals surface area contributed by atoms with Gasteiger partial charge in [0.05, 0.1) is 22.9 Å². The normalized spacial score (nSPS) is 18.8. The van der Waals surface area contributed by atoms with E-state index in [1.165, 1.54) is 0 Å². The zero-order valence-corrected chi connectivity index (χ0v) is 19.8. The van der Waals surface area contributed by atoms with Crippen LogP contribution in [-0.4, -0.2) is 34.8 Å². The number of para-hydroxylation sites is 1. The van der Waals surface area contributed by atoms with E-state index in [2.05, 4.69) is 23.1 Å². The van der Waals surface area contributed by atoms with Gasteiger partial charge in [0, 0.05) is 35.9 Å². The Labute approximate surface area is 199 Å². The number of amides is 1. The van der Waals surface area contributed by atoms with Crippen molar-refractivity contribution in [3.63, 3.8) is 0 Å². The van der Waals surface area contributed by atoms with Gasteiger partial charge in [-0.2, -0.15) is 5.10 Å². The Morgan fingerprint density at radius 2 is 1.94 bits per heavy atom. The number of anilines is 1. The van der Waals surface area contributed by atoms with Crippen molar-refractivity contribution in [2.75, 3.05) is 18.0 Å². The number of carbonyl (C=O) groups excluding carboxylic acids is 1. The molecule has 0 saturated carbocycles. The number of carbonyl (C=O) groups is 1. The van der Waals surface area contributed by atoms with E-state index in [0.29, 0.717) is 16.8 Å². The molecule has 1 unspecified atom stereocenters. The molecule has 33 heavy (non-hydrogen) atoms. The smallest absolute Gasteiger partial charge is 0.224 e. The summed E-state index contributed by atoms with van der Waals surface area (Å²) in [5.74, 6) is 1.40. The van der Waals surface area contributed by atoms with Crippen molar-refractivity contribution >= 4 is 23.2 Å². The predicted molar refractivity (Wildman–Crippen MR) is 131 cm³/mol. The van der Waals surface area contributed by atoms with E-state index in [1.807, 2.05) is 47.5 Å². The summed E-state index contributed by atoms with van der Waals surface area (Å²) in [6.07, 6.45) is 7.88. The molecular formula is C26H29ClN4O2. The van der Waals surface area contributed by atoms with Gasteiger partial charge in [0.1, 0.15) is 11.5 Å². The van der Waals surface area contributed by atoms with Crippen LogP contribution in [0.4, 0.5) is 5.69 Å². The minimum atomic E-state index is 0.0404. The van der Waals surface area contributed by atoms with Crippen LogP contribution in [0.25, 0.3) is 11.1 Å². The van der Waals surface area contributed by atoms with Gasteiger partial charge in [0.15, 0.2) is 0 Å². The molecule has 3 heterocycles. The number of piperidine rings is 1. The lowest BCUT2D eigenvalue weighted by Crippen LogP contribution is -2.40. The van der Waals surface area contributed by atoms with E-state index in [-0.39, 0.29) is 11.9 Å². The highest BCUT2D eigenvalue weighted by atomic mass is 35.5. The molecule has 2 aliphatic heterocycles. The third-order valence-corrected chi connectivity index (χ3v) is 7.04. The maximum Gasteiger partial charge on any atom is 0.224 e. The SMILES string of the molecule is CC(=O)N1c2ccc(-c3cnn(C4CCNCC4)c3)c(Oc3ccccc3Cl)c2CCC1C. The first-order chi connectivity index (χ1) is 16.0. The number of fused-ring (bicyclic) bond motifs is 1. The third kappa shape index (κ3) is 4.25. The van der Waals surface area contributed by atoms with E-state index >= 15 is 0 Å². The Balaban J connectivity index is 1.61. The minimum absolute atomic E-state index is 0.0404. The van der Waals surface area contributed by atoms with Crippen LogP contribution < -0.4 is 15.0 Å². The van der Waals surface area contributed by atoms with Crippen LogP contribution >= 0.6 is 11.6 Å². The van der Waals surface area contributed by atoms with Crippen LogP contribution in [0.5, 0.6) is 11.5 Å². The summed E-state index contributed by atoms with van der Waals surface area (Å²) in [6, 6.07) is 12.1. The Morgan fingerprint density at radius 1 is 1.15 bits per heavy atom. The highest BCUT2D eigenvalue weighted by Gasteiger charge is 2.30. The molecular weight excluding hydrogens is 436 g/mol. The number of nitrogens with zero attached hydrogens (tertiary/aromatic N) is 3. The lowest BCUT2D eigenvalue weighted by Gasteiger charge is -2.36. The fraction of sp³-hybridized carbons (Fsp3) is 0.385. The Morgan fingerprint density at radius 3 is 2.70 bits per heavy atom. The van der Waals surface area contributed by atoms with E-state index in [0.717, 1.165) is 66.9 Å². The van der Waals surface area contributed by atoms with Gasteiger partial charge in [0.25, 0.3) is 0 Å². The fourth-order valence-corrected chi connectivity index (χ4v) is 5.19. The molecule has 0 spiro atoms. The lowest BCUT2D eigenvalue weighted by atomic mass is 9.92. The zero-order valence-electron chi connectivity index (χ0n) is 19.1. The van der Waals surface area contributed by atoms with Crippen molar-refractivity contribution in [1.29, 1.82) is 0 Å². The molecule has 2 aromatic carbocycles. The standard InChI is InChI=1S/C26H29ClN4O2/c1-17-7-8-22-24(31(17)18(2)32)10-9-21(26(22)33-25-6-4-3-5-23(25)27)19-15-29-30(16-19)20-11-13-28-14-12-20/h3-6,9-10,15-17,20,28H,7-8,11-14H2,1-2H3. The van der Waals surface area contributed by atoms with Crippen LogP contribution in [0.15, 0.2) is 48.8 Å². The highest BCUT2D eigenvalue weighted by molar-refractivity contribution is 6.32. The first-order valence-electron chi connectivity index (χ1n) is 11.7. The monoisotopic (exact) mass is 464 g/mol. The number of hydrogen-bond donors (Lipinski definition) is 1. The van der Waals surface area contributed by atoms with Gasteiger partial charge in [-0.05, 0) is 70.0 Å². The third-order valence-electron chi connectivity index (χ3n) is 6.73. The second-order valence-corrected chi connectivity index (χ2v) is 9.35. The van der Waals surface area contributed by atoms with Crippen molar-refractivity contribution in [2.45, 2.75) is 51.6 Å². The fourth-order valence-electron chi connectivity index (χ4n) is 5.01. The van der Waals surface area contributed by atoms with Crippen LogP contribution in [-0.2, 0) is 11.2 Å². The van der Waals surface area contributed by atoms with Crippen molar-refractivity contribution < 1.29 is 9.53 Å². The van der Waals surface area contributed by atoms with Gasteiger partial charge < -0.3 is 15.0 Å². The first-order valence-corrected chi connectivity index (χ1v) is 12.0. The molecule has 7 heteroatoms. The van der Waals surface area contributed by atoms with Crippen molar-refractivity contribution in [3.8, 4) is 22.6 Å². The van der Waals surface area contributed by atoms with Crippen LogP contribution in [0.2, 0.25) is 5.02 Å². The molecule has 5 rings (SSSR count). The molecule has 0 bridgehead atoms. The Kier molecular flexibility index (Phi) is 6.13. The predicted octanol–water partition coefficient (Wildman–Crippen LogP) is 5.61. The van der Waals surface area contributed by atoms with E-state index < -0.39 is 0 Å². The van der Waals surface area contributed by atoms with Crippen LogP contribution in [0.3, 0.4) is 0 Å². The van der Waals surface area contributed by atoms with Crippen LogP contribution in [0, 0.1) is 0 Å². The number of nitrogens with one attached hydrogen (secondary N) is 1. The summed E-state index contributed by atoms with van der Waals surface area (Å²) in [7, 11) is 0. The summed E-state index contributed by atoms with van der Waals surface area (Å²) in [5.41, 5.74) is 3.92. The van der Waals surface area contributed by atoms with E-state index in [4.69, 9.17) is 21.4 Å². The molecule has 2 aliphatic rings. The van der Waals surface area contributed by atoms with Crippen molar-refractivity contribution in [1.82, 2.24) is 15.1 Å². The van der Waals surface area contributed by atoms with E-state index in [1.54, 1.807) is 6.92 Å². The topological polar surface area (TPSA) is 59.4 Å². The Bertz CT molecular complexity index is 1170. The molecule has 1 fully saturated rings. The highest BCUT2D eigenvalue weighted by Crippen LogP contribution is 2.45. The van der Waals surface area contributed by atoms with Gasteiger partial charge in [-0.3, -0.25) is 9.48 Å². The number of ether oxygens (including phenoxy) is 1. The van der Waals surface area contributed by atoms with Crippen molar-refractivity contribution in [2.24, 2.45) is 0 Å². The number of hydrogen-bond acceptors (Lipinski definition) is 4. The van der Waals surface area contributed by atoms with Gasteiger partial charge in [-0.15, -0.1) is 0 Å². The summed E-state index contributed by atoms with van der Waals surface area (Å²) in [6.45, 7) is 5.74. The van der Waals surface area contributed by atoms with Gasteiger partial charge in [-0.25, -0.2) is 0 Å². The quantitative estimate of drug-likeness (QED) is 0.545. The molecule has 6 nitrogen and oxygen atoms in total.